The Balaban J connectivity index is 2.45. The average Bonchev–Trinajstić information content (AvgIpc) is 2.66. The summed E-state index contributed by atoms with van der Waals surface area (Å²) in [4.78, 5) is 7.83. The summed E-state index contributed by atoms with van der Waals surface area (Å²) in [6.45, 7) is 3.15. The van der Waals surface area contributed by atoms with Gasteiger partial charge in [-0.25, -0.2) is 18.5 Å². The van der Waals surface area contributed by atoms with E-state index in [1.54, 1.807) is 6.07 Å². The van der Waals surface area contributed by atoms with E-state index in [2.05, 4.69) is 15.3 Å². The lowest BCUT2D eigenvalue weighted by Gasteiger charge is -2.18. The van der Waals surface area contributed by atoms with Crippen LogP contribution >= 0.6 is 0 Å². The zero-order chi connectivity index (χ0) is 21.8. The van der Waals surface area contributed by atoms with E-state index in [1.165, 1.54) is 19.4 Å². The number of hydrogen-bond donors (Lipinski definition) is 5. The fourth-order valence-electron chi connectivity index (χ4n) is 2.46. The van der Waals surface area contributed by atoms with E-state index >= 15 is 0 Å². The number of rotatable bonds is 9. The summed E-state index contributed by atoms with van der Waals surface area (Å²) < 4.78 is 34.8. The zero-order valence-corrected chi connectivity index (χ0v) is 17.1. The van der Waals surface area contributed by atoms with Crippen molar-refractivity contribution in [3.8, 4) is 17.2 Å². The molecule has 12 heteroatoms. The van der Waals surface area contributed by atoms with E-state index in [0.717, 1.165) is 0 Å². The maximum atomic E-state index is 11.9. The Morgan fingerprint density at radius 1 is 1.17 bits per heavy atom. The molecule has 2 rings (SSSR count). The number of hydrogen-bond acceptors (Lipinski definition) is 10. The van der Waals surface area contributed by atoms with Crippen molar-refractivity contribution in [2.75, 3.05) is 31.4 Å². The van der Waals surface area contributed by atoms with Crippen LogP contribution < -0.4 is 25.7 Å². The third-order valence-electron chi connectivity index (χ3n) is 4.00. The minimum Gasteiger partial charge on any atom is -0.495 e. The number of primary sulfonamides is 1. The Morgan fingerprint density at radius 3 is 2.31 bits per heavy atom. The van der Waals surface area contributed by atoms with Gasteiger partial charge in [0.25, 0.3) is 0 Å². The molecule has 0 saturated heterocycles. The number of aromatic nitrogens is 2. The third kappa shape index (κ3) is 5.44. The van der Waals surface area contributed by atoms with Crippen LogP contribution in [0, 0.1) is 0 Å². The van der Waals surface area contributed by atoms with Crippen molar-refractivity contribution in [2.24, 2.45) is 5.14 Å². The first-order valence-corrected chi connectivity index (χ1v) is 10.2. The predicted molar refractivity (Wildman–Crippen MR) is 107 cm³/mol. The van der Waals surface area contributed by atoms with E-state index in [0.29, 0.717) is 5.56 Å². The molecule has 7 N–H and O–H groups in total. The van der Waals surface area contributed by atoms with E-state index in [-0.39, 0.29) is 53.0 Å². The second kappa shape index (κ2) is 9.22. The quantitative estimate of drug-likeness (QED) is 0.375. The first kappa shape index (κ1) is 22.6. The molecule has 0 aliphatic rings. The number of benzene rings is 1. The summed E-state index contributed by atoms with van der Waals surface area (Å²) >= 11 is 0. The van der Waals surface area contributed by atoms with Crippen molar-refractivity contribution < 1.29 is 28.1 Å². The van der Waals surface area contributed by atoms with Crippen LogP contribution in [0.2, 0.25) is 0 Å². The highest BCUT2D eigenvalue weighted by Crippen LogP contribution is 2.38. The summed E-state index contributed by atoms with van der Waals surface area (Å²) in [5, 5.41) is 26.2. The van der Waals surface area contributed by atoms with Crippen LogP contribution in [0.3, 0.4) is 0 Å². The molecule has 0 saturated carbocycles. The van der Waals surface area contributed by atoms with Gasteiger partial charge in [0.2, 0.25) is 16.0 Å². The number of nitrogens with zero attached hydrogens (tertiary/aromatic N) is 2. The molecule has 0 aliphatic carbocycles. The zero-order valence-electron chi connectivity index (χ0n) is 16.3. The van der Waals surface area contributed by atoms with Gasteiger partial charge >= 0.3 is 0 Å². The van der Waals surface area contributed by atoms with Crippen LogP contribution in [0.15, 0.2) is 23.2 Å². The number of methoxy groups -OCH3 is 1. The Labute approximate surface area is 168 Å². The minimum absolute atomic E-state index is 0.0280. The van der Waals surface area contributed by atoms with Crippen molar-refractivity contribution in [3.63, 3.8) is 0 Å². The highest BCUT2D eigenvalue weighted by Gasteiger charge is 2.22. The molecular formula is C17H25N5O6S. The van der Waals surface area contributed by atoms with Gasteiger partial charge in [-0.2, -0.15) is 4.98 Å². The minimum atomic E-state index is -4.06. The molecule has 160 valence electrons. The molecule has 11 nitrogen and oxygen atoms in total. The first-order valence-electron chi connectivity index (χ1n) is 8.64. The van der Waals surface area contributed by atoms with E-state index < -0.39 is 16.1 Å². The van der Waals surface area contributed by atoms with E-state index in [9.17, 15) is 8.42 Å². The van der Waals surface area contributed by atoms with Gasteiger partial charge < -0.3 is 30.7 Å². The number of nitrogens with one attached hydrogen (secondary N) is 1. The summed E-state index contributed by atoms with van der Waals surface area (Å²) in [6, 6.07) is 2.16. The average molecular weight is 427 g/mol. The molecule has 0 fully saturated rings. The highest BCUT2D eigenvalue weighted by molar-refractivity contribution is 7.89. The number of aliphatic hydroxyl groups excluding tert-OH is 2. The summed E-state index contributed by atoms with van der Waals surface area (Å²) in [6.07, 6.45) is 1.29. The normalized spacial score (nSPS) is 11.7. The SMILES string of the molecule is COc1cc(C(C)C)c(Oc2cnc(NC(CO)CO)nc2N)cc1S(N)(=O)=O. The monoisotopic (exact) mass is 427 g/mol. The lowest BCUT2D eigenvalue weighted by Crippen LogP contribution is -2.28. The largest absolute Gasteiger partial charge is 0.495 e. The Morgan fingerprint density at radius 2 is 1.83 bits per heavy atom. The maximum absolute atomic E-state index is 11.9. The molecule has 0 radical (unpaired) electrons. The third-order valence-corrected chi connectivity index (χ3v) is 4.93. The fraction of sp³-hybridized carbons (Fsp3) is 0.412. The molecule has 0 spiro atoms. The molecule has 2 aromatic rings. The topological polar surface area (TPSA) is 183 Å². The van der Waals surface area contributed by atoms with Crippen LogP contribution in [0.1, 0.15) is 25.3 Å². The number of sulfonamides is 1. The lowest BCUT2D eigenvalue weighted by atomic mass is 10.0. The van der Waals surface area contributed by atoms with Gasteiger partial charge in [0.1, 0.15) is 16.4 Å². The second-order valence-corrected chi connectivity index (χ2v) is 8.02. The number of nitrogen functional groups attached to an aromatic ring is 1. The number of ether oxygens (including phenoxy) is 2. The first-order chi connectivity index (χ1) is 13.6. The maximum Gasteiger partial charge on any atom is 0.241 e. The molecule has 0 bridgehead atoms. The number of anilines is 2. The van der Waals surface area contributed by atoms with Gasteiger partial charge in [0.05, 0.1) is 32.6 Å². The molecule has 1 aromatic carbocycles. The summed E-state index contributed by atoms with van der Waals surface area (Å²) in [7, 11) is -2.72. The Kier molecular flexibility index (Phi) is 7.19. The molecule has 1 heterocycles. The molecule has 0 atom stereocenters. The van der Waals surface area contributed by atoms with Crippen LogP contribution in [-0.2, 0) is 10.0 Å². The highest BCUT2D eigenvalue weighted by atomic mass is 32.2. The lowest BCUT2D eigenvalue weighted by molar-refractivity contribution is 0.203. The molecule has 0 unspecified atom stereocenters. The van der Waals surface area contributed by atoms with Gasteiger partial charge in [-0.05, 0) is 12.0 Å². The molecule has 1 aromatic heterocycles. The van der Waals surface area contributed by atoms with E-state index in [1.807, 2.05) is 13.8 Å². The molecule has 0 aliphatic heterocycles. The smallest absolute Gasteiger partial charge is 0.241 e. The molecule has 29 heavy (non-hydrogen) atoms. The van der Waals surface area contributed by atoms with E-state index in [4.69, 9.17) is 30.6 Å². The van der Waals surface area contributed by atoms with Gasteiger partial charge in [0.15, 0.2) is 11.6 Å². The predicted octanol–water partition coefficient (Wildman–Crippen LogP) is 0.396. The van der Waals surface area contributed by atoms with Crippen molar-refractivity contribution in [1.29, 1.82) is 0 Å². The van der Waals surface area contributed by atoms with Crippen molar-refractivity contribution >= 4 is 21.8 Å². The molecular weight excluding hydrogens is 402 g/mol. The van der Waals surface area contributed by atoms with Gasteiger partial charge in [0, 0.05) is 11.6 Å². The van der Waals surface area contributed by atoms with Gasteiger partial charge in [-0.1, -0.05) is 13.8 Å². The molecule has 0 amide bonds. The Hall–Kier alpha value is -2.67. The number of nitrogens with two attached hydrogens (primary N) is 2. The number of aliphatic hydroxyl groups is 2. The second-order valence-electron chi connectivity index (χ2n) is 6.49. The summed E-state index contributed by atoms with van der Waals surface area (Å²) in [5.41, 5.74) is 6.59. The van der Waals surface area contributed by atoms with Crippen molar-refractivity contribution in [2.45, 2.75) is 30.7 Å². The van der Waals surface area contributed by atoms with Crippen molar-refractivity contribution in [3.05, 3.63) is 23.9 Å². The van der Waals surface area contributed by atoms with Crippen LogP contribution in [0.4, 0.5) is 11.8 Å². The van der Waals surface area contributed by atoms with Crippen LogP contribution in [0.25, 0.3) is 0 Å². The standard InChI is InChI=1S/C17H25N5O6S/c1-9(2)11-4-13(27-3)15(29(19,25)26)5-12(11)28-14-6-20-17(22-16(14)18)21-10(7-23)8-24/h4-6,9-10,23-24H,7-8H2,1-3H3,(H2,19,25,26)(H3,18,20,21,22). The van der Waals surface area contributed by atoms with Crippen molar-refractivity contribution in [1.82, 2.24) is 9.97 Å². The van der Waals surface area contributed by atoms with Crippen LogP contribution in [0.5, 0.6) is 17.2 Å². The summed E-state index contributed by atoms with van der Waals surface area (Å²) in [5.74, 6) is 0.432. The van der Waals surface area contributed by atoms with Gasteiger partial charge in [-0.15, -0.1) is 0 Å². The van der Waals surface area contributed by atoms with Gasteiger partial charge in [-0.3, -0.25) is 0 Å². The Bertz CT molecular complexity index is 963. The van der Waals surface area contributed by atoms with Crippen LogP contribution in [-0.4, -0.2) is 55.0 Å². The fourth-order valence-corrected chi connectivity index (χ4v) is 3.15.